The monoisotopic (exact) mass is 309 g/mol. The topological polar surface area (TPSA) is 50.1 Å². The van der Waals surface area contributed by atoms with Gasteiger partial charge in [-0.15, -0.1) is 11.8 Å². The Balaban J connectivity index is 2.17. The molecule has 2 aromatic carbocycles. The van der Waals surface area contributed by atoms with Gasteiger partial charge in [0.2, 0.25) is 0 Å². The van der Waals surface area contributed by atoms with Crippen LogP contribution in [0.5, 0.6) is 5.75 Å². The molecule has 0 unspecified atom stereocenters. The summed E-state index contributed by atoms with van der Waals surface area (Å²) in [5.41, 5.74) is 2.00. The molecule has 0 aliphatic carbocycles. The van der Waals surface area contributed by atoms with Crippen LogP contribution in [0.4, 0.5) is 0 Å². The van der Waals surface area contributed by atoms with Crippen LogP contribution in [0, 0.1) is 11.3 Å². The highest BCUT2D eigenvalue weighted by Gasteiger charge is 2.04. The molecule has 2 rings (SSSR count). The molecular weight excluding hydrogens is 294 g/mol. The van der Waals surface area contributed by atoms with Gasteiger partial charge in [-0.2, -0.15) is 5.26 Å². The molecule has 110 valence electrons. The van der Waals surface area contributed by atoms with E-state index in [1.54, 1.807) is 49.2 Å². The van der Waals surface area contributed by atoms with Crippen LogP contribution in [0.25, 0.3) is 6.08 Å². The number of carbonyl (C=O) groups is 1. The quantitative estimate of drug-likeness (QED) is 0.472. The molecular formula is C18H15NO2S. The van der Waals surface area contributed by atoms with E-state index in [4.69, 9.17) is 10.00 Å². The molecule has 0 aromatic heterocycles. The third-order valence-corrected chi connectivity index (χ3v) is 3.91. The van der Waals surface area contributed by atoms with Gasteiger partial charge in [-0.25, -0.2) is 0 Å². The second-order valence-electron chi connectivity index (χ2n) is 4.50. The molecule has 0 saturated heterocycles. The van der Waals surface area contributed by atoms with Crippen LogP contribution in [0.1, 0.15) is 21.5 Å². The normalized spacial score (nSPS) is 10.4. The Morgan fingerprint density at radius 1 is 1.23 bits per heavy atom. The predicted octanol–water partition coefficient (Wildman–Crippen LogP) is 4.18. The number of hydrogen-bond acceptors (Lipinski definition) is 4. The van der Waals surface area contributed by atoms with Crippen LogP contribution in [-0.4, -0.2) is 19.1 Å². The molecule has 0 heterocycles. The van der Waals surface area contributed by atoms with Crippen molar-refractivity contribution in [2.75, 3.05) is 13.4 Å². The number of methoxy groups -OCH3 is 1. The predicted molar refractivity (Wildman–Crippen MR) is 89.3 cm³/mol. The van der Waals surface area contributed by atoms with Gasteiger partial charge in [-0.3, -0.25) is 4.79 Å². The van der Waals surface area contributed by atoms with Crippen LogP contribution in [0.15, 0.2) is 53.4 Å². The van der Waals surface area contributed by atoms with Gasteiger partial charge in [-0.05, 0) is 54.3 Å². The Kier molecular flexibility index (Phi) is 5.40. The van der Waals surface area contributed by atoms with Crippen molar-refractivity contribution in [2.24, 2.45) is 0 Å². The first-order chi connectivity index (χ1) is 10.7. The first kappa shape index (κ1) is 15.9. The van der Waals surface area contributed by atoms with E-state index >= 15 is 0 Å². The molecule has 0 aliphatic heterocycles. The summed E-state index contributed by atoms with van der Waals surface area (Å²) in [5.74, 6) is 0.692. The van der Waals surface area contributed by atoms with Crippen molar-refractivity contribution in [3.05, 3.63) is 65.2 Å². The third kappa shape index (κ3) is 3.78. The average molecular weight is 309 g/mol. The molecule has 0 bridgehead atoms. The average Bonchev–Trinajstić information content (AvgIpc) is 2.59. The molecule has 0 radical (unpaired) electrons. The van der Waals surface area contributed by atoms with Crippen molar-refractivity contribution >= 4 is 23.6 Å². The lowest BCUT2D eigenvalue weighted by Gasteiger charge is -2.06. The zero-order chi connectivity index (χ0) is 15.9. The van der Waals surface area contributed by atoms with Gasteiger partial charge in [-0.1, -0.05) is 12.1 Å². The van der Waals surface area contributed by atoms with Crippen molar-refractivity contribution in [3.63, 3.8) is 0 Å². The number of nitrogens with zero attached hydrogens (tertiary/aromatic N) is 1. The standard InChI is InChI=1S/C18H15NO2S/c1-21-17-11-13(6-10-18(17)22-2)5-9-16(20)15-7-3-14(12-19)4-8-15/h3-11H,1-2H3. The summed E-state index contributed by atoms with van der Waals surface area (Å²) in [6.45, 7) is 0. The van der Waals surface area contributed by atoms with Crippen molar-refractivity contribution in [3.8, 4) is 11.8 Å². The molecule has 0 spiro atoms. The third-order valence-electron chi connectivity index (χ3n) is 3.13. The van der Waals surface area contributed by atoms with Crippen molar-refractivity contribution < 1.29 is 9.53 Å². The SMILES string of the molecule is COc1cc(C=CC(=O)c2ccc(C#N)cc2)ccc1SC. The number of allylic oxidation sites excluding steroid dienone is 1. The van der Waals surface area contributed by atoms with Gasteiger partial charge < -0.3 is 4.74 Å². The Labute approximate surface area is 134 Å². The number of rotatable bonds is 5. The van der Waals surface area contributed by atoms with Crippen LogP contribution in [-0.2, 0) is 0 Å². The minimum Gasteiger partial charge on any atom is -0.496 e. The second-order valence-corrected chi connectivity index (χ2v) is 5.35. The Bertz CT molecular complexity index is 743. The fourth-order valence-electron chi connectivity index (χ4n) is 1.93. The molecule has 0 N–H and O–H groups in total. The number of nitriles is 1. The van der Waals surface area contributed by atoms with Gasteiger partial charge in [0, 0.05) is 10.5 Å². The molecule has 3 nitrogen and oxygen atoms in total. The van der Waals surface area contributed by atoms with Gasteiger partial charge in [0.15, 0.2) is 5.78 Å². The van der Waals surface area contributed by atoms with Gasteiger partial charge >= 0.3 is 0 Å². The van der Waals surface area contributed by atoms with Crippen molar-refractivity contribution in [1.29, 1.82) is 5.26 Å². The van der Waals surface area contributed by atoms with Crippen LogP contribution >= 0.6 is 11.8 Å². The molecule has 0 fully saturated rings. The minimum atomic E-state index is -0.0996. The zero-order valence-corrected chi connectivity index (χ0v) is 13.2. The number of hydrogen-bond donors (Lipinski definition) is 0. The maximum absolute atomic E-state index is 12.1. The first-order valence-corrected chi connectivity index (χ1v) is 7.85. The lowest BCUT2D eigenvalue weighted by molar-refractivity contribution is 0.104. The van der Waals surface area contributed by atoms with E-state index < -0.39 is 0 Å². The van der Waals surface area contributed by atoms with Crippen LogP contribution in [0.3, 0.4) is 0 Å². The van der Waals surface area contributed by atoms with Gasteiger partial charge in [0.1, 0.15) is 5.75 Å². The van der Waals surface area contributed by atoms with Crippen LogP contribution < -0.4 is 4.74 Å². The van der Waals surface area contributed by atoms with E-state index in [1.807, 2.05) is 30.5 Å². The second kappa shape index (κ2) is 7.48. The zero-order valence-electron chi connectivity index (χ0n) is 12.4. The molecule has 0 amide bonds. The highest BCUT2D eigenvalue weighted by atomic mass is 32.2. The molecule has 0 saturated carbocycles. The van der Waals surface area contributed by atoms with E-state index in [-0.39, 0.29) is 5.78 Å². The Morgan fingerprint density at radius 2 is 1.95 bits per heavy atom. The van der Waals surface area contributed by atoms with Crippen molar-refractivity contribution in [1.82, 2.24) is 0 Å². The number of thioether (sulfide) groups is 1. The van der Waals surface area contributed by atoms with E-state index in [1.165, 1.54) is 6.08 Å². The molecule has 4 heteroatoms. The van der Waals surface area contributed by atoms with Crippen molar-refractivity contribution in [2.45, 2.75) is 4.90 Å². The van der Waals surface area contributed by atoms with Gasteiger partial charge in [0.25, 0.3) is 0 Å². The van der Waals surface area contributed by atoms with Crippen LogP contribution in [0.2, 0.25) is 0 Å². The van der Waals surface area contributed by atoms with E-state index in [9.17, 15) is 4.79 Å². The maximum atomic E-state index is 12.1. The smallest absolute Gasteiger partial charge is 0.185 e. The summed E-state index contributed by atoms with van der Waals surface area (Å²) in [4.78, 5) is 13.1. The summed E-state index contributed by atoms with van der Waals surface area (Å²) in [7, 11) is 1.63. The Hall–Kier alpha value is -2.51. The van der Waals surface area contributed by atoms with E-state index in [2.05, 4.69) is 0 Å². The number of carbonyl (C=O) groups excluding carboxylic acids is 1. The first-order valence-electron chi connectivity index (χ1n) is 6.62. The minimum absolute atomic E-state index is 0.0996. The van der Waals surface area contributed by atoms with Gasteiger partial charge in [0.05, 0.1) is 18.7 Å². The molecule has 0 aliphatic rings. The number of ether oxygens (including phenoxy) is 1. The summed E-state index contributed by atoms with van der Waals surface area (Å²) in [5, 5.41) is 8.75. The summed E-state index contributed by atoms with van der Waals surface area (Å²) in [6, 6.07) is 14.4. The summed E-state index contributed by atoms with van der Waals surface area (Å²) in [6.07, 6.45) is 5.27. The maximum Gasteiger partial charge on any atom is 0.185 e. The molecule has 2 aromatic rings. The highest BCUT2D eigenvalue weighted by Crippen LogP contribution is 2.28. The largest absolute Gasteiger partial charge is 0.496 e. The highest BCUT2D eigenvalue weighted by molar-refractivity contribution is 7.98. The lowest BCUT2D eigenvalue weighted by atomic mass is 10.1. The molecule has 0 atom stereocenters. The van der Waals surface area contributed by atoms with E-state index in [0.717, 1.165) is 16.2 Å². The fraction of sp³-hybridized carbons (Fsp3) is 0.111. The number of ketones is 1. The fourth-order valence-corrected chi connectivity index (χ4v) is 2.48. The lowest BCUT2D eigenvalue weighted by Crippen LogP contribution is -1.94. The van der Waals surface area contributed by atoms with E-state index in [0.29, 0.717) is 11.1 Å². The summed E-state index contributed by atoms with van der Waals surface area (Å²) >= 11 is 1.61. The number of benzene rings is 2. The molecule has 22 heavy (non-hydrogen) atoms. The summed E-state index contributed by atoms with van der Waals surface area (Å²) < 4.78 is 5.32. The Morgan fingerprint density at radius 3 is 2.55 bits per heavy atom.